The smallest absolute Gasteiger partial charge is 0.232 e. The van der Waals surface area contributed by atoms with Crippen molar-refractivity contribution in [3.8, 4) is 0 Å². The van der Waals surface area contributed by atoms with E-state index >= 15 is 0 Å². The van der Waals surface area contributed by atoms with Gasteiger partial charge in [0.05, 0.1) is 0 Å². The zero-order chi connectivity index (χ0) is 20.3. The molecule has 1 saturated carbocycles. The van der Waals surface area contributed by atoms with Crippen molar-refractivity contribution in [1.29, 1.82) is 0 Å². The maximum atomic E-state index is 5.43. The lowest BCUT2D eigenvalue weighted by Gasteiger charge is -2.30. The predicted octanol–water partition coefficient (Wildman–Crippen LogP) is 3.43. The highest BCUT2D eigenvalue weighted by Gasteiger charge is 2.23. The van der Waals surface area contributed by atoms with E-state index in [1.54, 1.807) is 18.5 Å². The molecule has 152 valence electrons. The molecule has 1 aliphatic carbocycles. The quantitative estimate of drug-likeness (QED) is 0.356. The Labute approximate surface area is 184 Å². The van der Waals surface area contributed by atoms with Crippen LogP contribution in [0.4, 0.5) is 11.8 Å². The lowest BCUT2D eigenvalue weighted by molar-refractivity contribution is 0.717. The van der Waals surface area contributed by atoms with Crippen molar-refractivity contribution in [1.82, 2.24) is 25.3 Å². The lowest BCUT2D eigenvalue weighted by atomic mass is 10.00. The molecule has 7 nitrogen and oxygen atoms in total. The zero-order valence-electron chi connectivity index (χ0n) is 16.3. The zero-order valence-corrected chi connectivity index (χ0v) is 17.9. The van der Waals surface area contributed by atoms with Crippen molar-refractivity contribution < 1.29 is 0 Å². The third kappa shape index (κ3) is 4.68. The van der Waals surface area contributed by atoms with Gasteiger partial charge in [-0.3, -0.25) is 0 Å². The molecular weight excluding hydrogens is 414 g/mol. The van der Waals surface area contributed by atoms with E-state index in [9.17, 15) is 0 Å². The molecule has 1 fully saturated rings. The molecule has 1 aromatic carbocycles. The fourth-order valence-electron chi connectivity index (χ4n) is 3.36. The fraction of sp³-hybridized carbons (Fsp3) is 0.286. The summed E-state index contributed by atoms with van der Waals surface area (Å²) in [5, 5.41) is 8.42. The van der Waals surface area contributed by atoms with Crippen molar-refractivity contribution in [2.45, 2.75) is 42.0 Å². The predicted molar refractivity (Wildman–Crippen MR) is 122 cm³/mol. The average molecular weight is 436 g/mol. The highest BCUT2D eigenvalue weighted by Crippen LogP contribution is 2.29. The molecule has 1 aliphatic heterocycles. The van der Waals surface area contributed by atoms with Crippen LogP contribution in [0.5, 0.6) is 0 Å². The number of benzene rings is 1. The molecule has 2 aliphatic rings. The second kappa shape index (κ2) is 8.53. The first kappa shape index (κ1) is 19.2. The number of hydrogen-bond donors (Lipinski definition) is 2. The number of aromatic nitrogens is 4. The van der Waals surface area contributed by atoms with Gasteiger partial charge in [0, 0.05) is 37.6 Å². The van der Waals surface area contributed by atoms with E-state index in [2.05, 4.69) is 54.8 Å². The maximum Gasteiger partial charge on any atom is 0.232 e. The largest absolute Gasteiger partial charge is 0.360 e. The molecular formula is C21H21N7S2. The van der Waals surface area contributed by atoms with Crippen LogP contribution in [-0.4, -0.2) is 37.6 Å². The Kier molecular flexibility index (Phi) is 5.46. The summed E-state index contributed by atoms with van der Waals surface area (Å²) in [5.41, 5.74) is 2.74. The Hall–Kier alpha value is -2.78. The van der Waals surface area contributed by atoms with Gasteiger partial charge in [-0.1, -0.05) is 24.3 Å². The molecule has 0 amide bonds. The van der Waals surface area contributed by atoms with Crippen LogP contribution in [0.3, 0.4) is 0 Å². The van der Waals surface area contributed by atoms with Crippen molar-refractivity contribution in [2.75, 3.05) is 16.8 Å². The number of nitrogens with one attached hydrogen (secondary N) is 2. The van der Waals surface area contributed by atoms with Crippen LogP contribution in [-0.2, 0) is 13.0 Å². The van der Waals surface area contributed by atoms with Crippen molar-refractivity contribution in [3.63, 3.8) is 0 Å². The second-order valence-corrected chi connectivity index (χ2v) is 8.73. The standard InChI is InChI=1S/C21H21N7S2/c29-20(24-16-6-7-16)27-19-25-17(12-18(26-19)30-21-22-9-3-10-23-21)28-11-8-14-4-1-2-5-15(14)13-28/h1-5,9-10,12,16H,6-8,11,13H2,(H2,24,25,26,27,29). The van der Waals surface area contributed by atoms with Gasteiger partial charge in [-0.15, -0.1) is 0 Å². The van der Waals surface area contributed by atoms with Crippen molar-refractivity contribution in [2.24, 2.45) is 0 Å². The first-order valence-electron chi connectivity index (χ1n) is 9.96. The van der Waals surface area contributed by atoms with Crippen LogP contribution in [0.1, 0.15) is 24.0 Å². The SMILES string of the molecule is S=C(Nc1nc(Sc2ncccn2)cc(N2CCc3ccccc3C2)n1)NC1CC1. The summed E-state index contributed by atoms with van der Waals surface area (Å²) in [6.07, 6.45) is 6.76. The molecule has 2 N–H and O–H groups in total. The molecule has 9 heteroatoms. The van der Waals surface area contributed by atoms with Gasteiger partial charge in [-0.2, -0.15) is 4.98 Å². The summed E-state index contributed by atoms with van der Waals surface area (Å²) in [7, 11) is 0. The number of thiocarbonyl (C=S) groups is 1. The number of fused-ring (bicyclic) bond motifs is 1. The Balaban J connectivity index is 1.42. The molecule has 3 heterocycles. The van der Waals surface area contributed by atoms with E-state index in [4.69, 9.17) is 17.2 Å². The Morgan fingerprint density at radius 2 is 1.87 bits per heavy atom. The highest BCUT2D eigenvalue weighted by atomic mass is 32.2. The maximum absolute atomic E-state index is 5.43. The third-order valence-corrected chi connectivity index (χ3v) is 6.05. The molecule has 0 atom stereocenters. The van der Waals surface area contributed by atoms with E-state index in [1.807, 2.05) is 6.07 Å². The average Bonchev–Trinajstić information content (AvgIpc) is 3.58. The monoisotopic (exact) mass is 435 g/mol. The number of hydrogen-bond acceptors (Lipinski definition) is 7. The summed E-state index contributed by atoms with van der Waals surface area (Å²) in [6.45, 7) is 1.73. The molecule has 3 aromatic rings. The highest BCUT2D eigenvalue weighted by molar-refractivity contribution is 7.99. The summed E-state index contributed by atoms with van der Waals surface area (Å²) < 4.78 is 0. The van der Waals surface area contributed by atoms with Gasteiger partial charge < -0.3 is 15.5 Å². The Bertz CT molecular complexity index is 1060. The number of rotatable bonds is 5. The second-order valence-electron chi connectivity index (χ2n) is 7.33. The first-order chi connectivity index (χ1) is 14.7. The van der Waals surface area contributed by atoms with Gasteiger partial charge in [0.1, 0.15) is 10.8 Å². The molecule has 0 radical (unpaired) electrons. The molecule has 2 aromatic heterocycles. The number of nitrogens with zero attached hydrogens (tertiary/aromatic N) is 5. The molecule has 0 spiro atoms. The molecule has 5 rings (SSSR count). The normalized spacial score (nSPS) is 15.4. The van der Waals surface area contributed by atoms with E-state index in [-0.39, 0.29) is 0 Å². The topological polar surface area (TPSA) is 78.9 Å². The Morgan fingerprint density at radius 1 is 1.07 bits per heavy atom. The molecule has 0 bridgehead atoms. The van der Waals surface area contributed by atoms with E-state index in [1.165, 1.54) is 22.9 Å². The third-order valence-electron chi connectivity index (χ3n) is 5.02. The van der Waals surface area contributed by atoms with E-state index in [0.717, 1.165) is 43.2 Å². The van der Waals surface area contributed by atoms with Crippen molar-refractivity contribution >= 4 is 40.9 Å². The van der Waals surface area contributed by atoms with Crippen LogP contribution >= 0.6 is 24.0 Å². The van der Waals surface area contributed by atoms with Gasteiger partial charge in [0.2, 0.25) is 5.95 Å². The lowest BCUT2D eigenvalue weighted by Crippen LogP contribution is -2.33. The van der Waals surface area contributed by atoms with Crippen LogP contribution in [0.25, 0.3) is 0 Å². The fourth-order valence-corrected chi connectivity index (χ4v) is 4.33. The minimum atomic E-state index is 0.471. The van der Waals surface area contributed by atoms with Gasteiger partial charge in [-0.25, -0.2) is 15.0 Å². The summed E-state index contributed by atoms with van der Waals surface area (Å²) in [6, 6.07) is 12.8. The van der Waals surface area contributed by atoms with Crippen LogP contribution in [0.15, 0.2) is 59.0 Å². The van der Waals surface area contributed by atoms with Crippen LogP contribution < -0.4 is 15.5 Å². The van der Waals surface area contributed by atoms with E-state index in [0.29, 0.717) is 22.3 Å². The van der Waals surface area contributed by atoms with Gasteiger partial charge in [0.25, 0.3) is 0 Å². The summed E-state index contributed by atoms with van der Waals surface area (Å²) >= 11 is 6.84. The van der Waals surface area contributed by atoms with Gasteiger partial charge in [-0.05, 0) is 60.4 Å². The molecule has 30 heavy (non-hydrogen) atoms. The van der Waals surface area contributed by atoms with Crippen LogP contribution in [0.2, 0.25) is 0 Å². The van der Waals surface area contributed by atoms with Gasteiger partial charge in [0.15, 0.2) is 10.3 Å². The minimum Gasteiger partial charge on any atom is -0.360 e. The van der Waals surface area contributed by atoms with E-state index < -0.39 is 0 Å². The summed E-state index contributed by atoms with van der Waals surface area (Å²) in [4.78, 5) is 20.3. The van der Waals surface area contributed by atoms with Crippen LogP contribution in [0, 0.1) is 0 Å². The Morgan fingerprint density at radius 3 is 2.67 bits per heavy atom. The molecule has 0 unspecified atom stereocenters. The van der Waals surface area contributed by atoms with Crippen molar-refractivity contribution in [3.05, 3.63) is 59.9 Å². The number of anilines is 2. The van der Waals surface area contributed by atoms with Gasteiger partial charge >= 0.3 is 0 Å². The first-order valence-corrected chi connectivity index (χ1v) is 11.2. The summed E-state index contributed by atoms with van der Waals surface area (Å²) in [5.74, 6) is 1.36. The minimum absolute atomic E-state index is 0.471. The molecule has 0 saturated heterocycles.